The van der Waals surface area contributed by atoms with Crippen molar-refractivity contribution in [2.45, 2.75) is 74.6 Å². The van der Waals surface area contributed by atoms with Crippen molar-refractivity contribution in [3.05, 3.63) is 0 Å². The van der Waals surface area contributed by atoms with Crippen LogP contribution in [0.15, 0.2) is 0 Å². The molecule has 3 N–H and O–H groups in total. The highest BCUT2D eigenvalue weighted by molar-refractivity contribution is 8.00. The van der Waals surface area contributed by atoms with Crippen LogP contribution in [0.2, 0.25) is 0 Å². The molecule has 3 unspecified atom stereocenters. The van der Waals surface area contributed by atoms with E-state index in [0.717, 1.165) is 12.8 Å². The number of nitrogens with one attached hydrogen (secondary N) is 1. The highest BCUT2D eigenvalue weighted by Crippen LogP contribution is 2.38. The Kier molecular flexibility index (Phi) is 4.34. The Balaban J connectivity index is 1.57. The van der Waals surface area contributed by atoms with Gasteiger partial charge >= 0.3 is 0 Å². The number of rotatable bonds is 2. The average molecular weight is 283 g/mol. The fourth-order valence-electron chi connectivity index (χ4n) is 3.66. The predicted molar refractivity (Wildman–Crippen MR) is 78.2 cm³/mol. The molecule has 1 aliphatic heterocycles. The Morgan fingerprint density at radius 1 is 1.05 bits per heavy atom. The minimum Gasteiger partial charge on any atom is -0.284 e. The van der Waals surface area contributed by atoms with Crippen LogP contribution in [-0.2, 0) is 4.79 Å². The summed E-state index contributed by atoms with van der Waals surface area (Å²) in [6.07, 6.45) is 10.8. The van der Waals surface area contributed by atoms with E-state index in [2.05, 4.69) is 5.32 Å². The standard InChI is InChI=1S/C14H25N3OS/c15-17(13(18)10-6-2-1-3-7-10)14-16-11-8-4-5-9-12(11)19-14/h10-12,14,16H,1-9,15H2. The van der Waals surface area contributed by atoms with Crippen molar-refractivity contribution >= 4 is 17.7 Å². The van der Waals surface area contributed by atoms with Crippen molar-refractivity contribution in [2.24, 2.45) is 11.8 Å². The second-order valence-electron chi connectivity index (χ2n) is 6.16. The first-order valence-electron chi connectivity index (χ1n) is 7.75. The van der Waals surface area contributed by atoms with Gasteiger partial charge in [-0.05, 0) is 25.7 Å². The number of hydrogen-bond acceptors (Lipinski definition) is 4. The van der Waals surface area contributed by atoms with Crippen LogP contribution in [0.4, 0.5) is 0 Å². The molecule has 0 spiro atoms. The summed E-state index contributed by atoms with van der Waals surface area (Å²) in [5.41, 5.74) is 0.00234. The monoisotopic (exact) mass is 283 g/mol. The number of amides is 1. The molecule has 3 atom stereocenters. The molecule has 0 bridgehead atoms. The van der Waals surface area contributed by atoms with Gasteiger partial charge in [0.25, 0.3) is 0 Å². The Morgan fingerprint density at radius 2 is 1.74 bits per heavy atom. The van der Waals surface area contributed by atoms with Gasteiger partial charge in [-0.3, -0.25) is 15.1 Å². The molecule has 5 heteroatoms. The van der Waals surface area contributed by atoms with Crippen LogP contribution in [0.5, 0.6) is 0 Å². The first-order valence-corrected chi connectivity index (χ1v) is 8.69. The van der Waals surface area contributed by atoms with Crippen molar-refractivity contribution < 1.29 is 4.79 Å². The molecule has 0 aromatic carbocycles. The number of nitrogens with zero attached hydrogens (tertiary/aromatic N) is 1. The molecule has 108 valence electrons. The maximum atomic E-state index is 12.4. The molecule has 2 saturated carbocycles. The second-order valence-corrected chi connectivity index (χ2v) is 7.49. The van der Waals surface area contributed by atoms with Crippen molar-refractivity contribution in [1.82, 2.24) is 10.3 Å². The summed E-state index contributed by atoms with van der Waals surface area (Å²) in [5, 5.41) is 5.71. The zero-order chi connectivity index (χ0) is 13.2. The summed E-state index contributed by atoms with van der Waals surface area (Å²) in [6, 6.07) is 0.564. The summed E-state index contributed by atoms with van der Waals surface area (Å²) < 4.78 is 0. The van der Waals surface area contributed by atoms with Gasteiger partial charge in [0.2, 0.25) is 5.91 Å². The van der Waals surface area contributed by atoms with E-state index in [4.69, 9.17) is 5.84 Å². The summed E-state index contributed by atoms with van der Waals surface area (Å²) in [7, 11) is 0. The van der Waals surface area contributed by atoms with Gasteiger partial charge in [0.15, 0.2) is 0 Å². The molecule has 1 heterocycles. The molecule has 0 aromatic rings. The van der Waals surface area contributed by atoms with Gasteiger partial charge in [0.1, 0.15) is 5.50 Å². The van der Waals surface area contributed by atoms with E-state index in [9.17, 15) is 4.79 Å². The van der Waals surface area contributed by atoms with Crippen LogP contribution in [0, 0.1) is 5.92 Å². The lowest BCUT2D eigenvalue weighted by molar-refractivity contribution is -0.138. The minimum atomic E-state index is 0.00234. The van der Waals surface area contributed by atoms with Crippen LogP contribution < -0.4 is 11.2 Å². The smallest absolute Gasteiger partial charge is 0.241 e. The number of carbonyl (C=O) groups excluding carboxylic acids is 1. The third-order valence-corrected chi connectivity index (χ3v) is 6.36. The van der Waals surface area contributed by atoms with E-state index >= 15 is 0 Å². The van der Waals surface area contributed by atoms with Crippen LogP contribution in [0.25, 0.3) is 0 Å². The summed E-state index contributed by atoms with van der Waals surface area (Å²) in [6.45, 7) is 0. The number of thioether (sulfide) groups is 1. The van der Waals surface area contributed by atoms with Gasteiger partial charge in [-0.2, -0.15) is 0 Å². The predicted octanol–water partition coefficient (Wildman–Crippen LogP) is 2.20. The molecule has 4 nitrogen and oxygen atoms in total. The Morgan fingerprint density at radius 3 is 2.47 bits per heavy atom. The fourth-order valence-corrected chi connectivity index (χ4v) is 5.19. The molecular weight excluding hydrogens is 258 g/mol. The van der Waals surface area contributed by atoms with Gasteiger partial charge in [0.05, 0.1) is 0 Å². The minimum absolute atomic E-state index is 0.00234. The van der Waals surface area contributed by atoms with E-state index in [1.54, 1.807) is 0 Å². The van der Waals surface area contributed by atoms with E-state index < -0.39 is 0 Å². The molecule has 3 rings (SSSR count). The SMILES string of the molecule is NN(C(=O)C1CCCCC1)C1NC2CCCCC2S1. The molecule has 3 aliphatic rings. The quantitative estimate of drug-likeness (QED) is 0.463. The first-order chi connectivity index (χ1) is 9.25. The lowest BCUT2D eigenvalue weighted by Gasteiger charge is -2.29. The van der Waals surface area contributed by atoms with Crippen molar-refractivity contribution in [2.75, 3.05) is 0 Å². The summed E-state index contributed by atoms with van der Waals surface area (Å²) >= 11 is 1.86. The topological polar surface area (TPSA) is 58.4 Å². The number of fused-ring (bicyclic) bond motifs is 1. The van der Waals surface area contributed by atoms with E-state index in [1.807, 2.05) is 11.8 Å². The van der Waals surface area contributed by atoms with Crippen molar-refractivity contribution in [1.29, 1.82) is 0 Å². The Bertz CT molecular complexity index is 319. The van der Waals surface area contributed by atoms with Gasteiger partial charge in [-0.25, -0.2) is 5.84 Å². The first kappa shape index (κ1) is 13.7. The summed E-state index contributed by atoms with van der Waals surface area (Å²) in [5.74, 6) is 6.43. The van der Waals surface area contributed by atoms with Crippen LogP contribution in [0.3, 0.4) is 0 Å². The normalized spacial score (nSPS) is 35.9. The molecule has 19 heavy (non-hydrogen) atoms. The number of carbonyl (C=O) groups is 1. The molecule has 1 saturated heterocycles. The number of hydrogen-bond donors (Lipinski definition) is 2. The highest BCUT2D eigenvalue weighted by Gasteiger charge is 2.40. The number of hydrazine groups is 1. The number of nitrogens with two attached hydrogens (primary N) is 1. The van der Waals surface area contributed by atoms with E-state index in [1.165, 1.54) is 50.0 Å². The van der Waals surface area contributed by atoms with Crippen molar-refractivity contribution in [3.8, 4) is 0 Å². The average Bonchev–Trinajstić information content (AvgIpc) is 2.90. The Labute approximate surface area is 119 Å². The van der Waals surface area contributed by atoms with E-state index in [0.29, 0.717) is 11.3 Å². The molecule has 1 amide bonds. The zero-order valence-electron chi connectivity index (χ0n) is 11.5. The van der Waals surface area contributed by atoms with Gasteiger partial charge < -0.3 is 0 Å². The maximum Gasteiger partial charge on any atom is 0.241 e. The molecule has 3 fully saturated rings. The molecule has 0 aromatic heterocycles. The largest absolute Gasteiger partial charge is 0.284 e. The lowest BCUT2D eigenvalue weighted by Crippen LogP contribution is -2.52. The zero-order valence-corrected chi connectivity index (χ0v) is 12.3. The van der Waals surface area contributed by atoms with Crippen LogP contribution >= 0.6 is 11.8 Å². The third kappa shape index (κ3) is 2.93. The molecule has 0 radical (unpaired) electrons. The van der Waals surface area contributed by atoms with Crippen LogP contribution in [0.1, 0.15) is 57.8 Å². The van der Waals surface area contributed by atoms with Crippen LogP contribution in [-0.4, -0.2) is 27.7 Å². The summed E-state index contributed by atoms with van der Waals surface area (Å²) in [4.78, 5) is 12.4. The van der Waals surface area contributed by atoms with Crippen molar-refractivity contribution in [3.63, 3.8) is 0 Å². The third-order valence-electron chi connectivity index (χ3n) is 4.82. The second kappa shape index (κ2) is 6.02. The van der Waals surface area contributed by atoms with E-state index in [-0.39, 0.29) is 17.3 Å². The highest BCUT2D eigenvalue weighted by atomic mass is 32.2. The Hall–Kier alpha value is -0.260. The fraction of sp³-hybridized carbons (Fsp3) is 0.929. The molecular formula is C14H25N3OS. The molecule has 2 aliphatic carbocycles. The van der Waals surface area contributed by atoms with Gasteiger partial charge in [-0.15, -0.1) is 11.8 Å². The van der Waals surface area contributed by atoms with Gasteiger partial charge in [0, 0.05) is 17.2 Å². The lowest BCUT2D eigenvalue weighted by atomic mass is 9.88. The van der Waals surface area contributed by atoms with Gasteiger partial charge in [-0.1, -0.05) is 32.1 Å². The maximum absolute atomic E-state index is 12.4.